The second-order valence-electron chi connectivity index (χ2n) is 9.49. The van der Waals surface area contributed by atoms with Crippen LogP contribution in [-0.4, -0.2) is 35.5 Å². The molecule has 2 aromatic rings. The standard InChI is InChI=1S/C28H29Cl2N3O5/c1-15(2)25(26(36)24-16(3)27(37)33-28(24)38)32-23(35)14-21(18-7-5-4-6-8-18)31-22(34)12-10-17-9-11-19(29)20(30)13-17/h4-13,15-16,21,24-25H,14H2,1-3H3,(H,31,34)(H,32,35)(H,33,37,38)/b12-10+/t16-,21-,24+,25-/m0/s1. The summed E-state index contributed by atoms with van der Waals surface area (Å²) in [6.07, 6.45) is 2.74. The normalized spacial score (nSPS) is 18.8. The molecule has 1 fully saturated rings. The van der Waals surface area contributed by atoms with Crippen molar-refractivity contribution in [2.75, 3.05) is 0 Å². The highest BCUT2D eigenvalue weighted by molar-refractivity contribution is 6.42. The van der Waals surface area contributed by atoms with Crippen LogP contribution in [0, 0.1) is 17.8 Å². The van der Waals surface area contributed by atoms with Crippen LogP contribution in [0.5, 0.6) is 0 Å². The maximum absolute atomic E-state index is 13.2. The molecular weight excluding hydrogens is 529 g/mol. The Labute approximate surface area is 231 Å². The van der Waals surface area contributed by atoms with Gasteiger partial charge >= 0.3 is 0 Å². The highest BCUT2D eigenvalue weighted by Crippen LogP contribution is 2.25. The number of carbonyl (C=O) groups is 5. The molecule has 200 valence electrons. The third kappa shape index (κ3) is 7.30. The van der Waals surface area contributed by atoms with E-state index in [0.29, 0.717) is 21.2 Å². The van der Waals surface area contributed by atoms with E-state index in [-0.39, 0.29) is 12.3 Å². The Balaban J connectivity index is 1.73. The molecule has 1 saturated heterocycles. The monoisotopic (exact) mass is 557 g/mol. The van der Waals surface area contributed by atoms with Crippen molar-refractivity contribution in [3.63, 3.8) is 0 Å². The first kappa shape index (κ1) is 29.1. The lowest BCUT2D eigenvalue weighted by Gasteiger charge is -2.25. The highest BCUT2D eigenvalue weighted by Gasteiger charge is 2.46. The van der Waals surface area contributed by atoms with Gasteiger partial charge in [-0.15, -0.1) is 0 Å². The zero-order valence-electron chi connectivity index (χ0n) is 21.2. The Morgan fingerprint density at radius 2 is 1.66 bits per heavy atom. The molecule has 4 amide bonds. The van der Waals surface area contributed by atoms with Crippen molar-refractivity contribution in [3.8, 4) is 0 Å². The topological polar surface area (TPSA) is 121 Å². The molecule has 1 aliphatic heterocycles. The third-order valence-corrected chi connectivity index (χ3v) is 7.06. The van der Waals surface area contributed by atoms with E-state index in [0.717, 1.165) is 0 Å². The van der Waals surface area contributed by atoms with Crippen molar-refractivity contribution >= 4 is 58.7 Å². The average Bonchev–Trinajstić information content (AvgIpc) is 3.13. The minimum Gasteiger partial charge on any atom is -0.346 e. The summed E-state index contributed by atoms with van der Waals surface area (Å²) in [4.78, 5) is 63.0. The zero-order valence-corrected chi connectivity index (χ0v) is 22.7. The van der Waals surface area contributed by atoms with E-state index in [2.05, 4.69) is 16.0 Å². The summed E-state index contributed by atoms with van der Waals surface area (Å²) in [6, 6.07) is 12.2. The van der Waals surface area contributed by atoms with Gasteiger partial charge in [-0.1, -0.05) is 80.4 Å². The van der Waals surface area contributed by atoms with Gasteiger partial charge in [-0.05, 0) is 35.3 Å². The van der Waals surface area contributed by atoms with Gasteiger partial charge in [-0.25, -0.2) is 0 Å². The van der Waals surface area contributed by atoms with Crippen LogP contribution < -0.4 is 16.0 Å². The summed E-state index contributed by atoms with van der Waals surface area (Å²) in [5.74, 6) is -4.92. The number of halogens is 2. The molecule has 10 heteroatoms. The van der Waals surface area contributed by atoms with Crippen LogP contribution in [0.25, 0.3) is 6.08 Å². The quantitative estimate of drug-likeness (QED) is 0.232. The Kier molecular flexibility index (Phi) is 9.83. The van der Waals surface area contributed by atoms with E-state index in [1.165, 1.54) is 13.0 Å². The minimum absolute atomic E-state index is 0.155. The predicted molar refractivity (Wildman–Crippen MR) is 145 cm³/mol. The van der Waals surface area contributed by atoms with Crippen LogP contribution in [-0.2, 0) is 24.0 Å². The Bertz CT molecular complexity index is 1260. The Morgan fingerprint density at radius 1 is 0.974 bits per heavy atom. The number of rotatable bonds is 10. The van der Waals surface area contributed by atoms with Crippen molar-refractivity contribution in [1.82, 2.24) is 16.0 Å². The van der Waals surface area contributed by atoms with Crippen LogP contribution >= 0.6 is 23.2 Å². The fourth-order valence-corrected chi connectivity index (χ4v) is 4.50. The molecule has 0 bridgehead atoms. The number of carbonyl (C=O) groups excluding carboxylic acids is 5. The minimum atomic E-state index is -1.16. The summed E-state index contributed by atoms with van der Waals surface area (Å²) in [5.41, 5.74) is 1.37. The molecule has 0 saturated carbocycles. The van der Waals surface area contributed by atoms with Crippen LogP contribution in [0.2, 0.25) is 10.0 Å². The number of amides is 4. The zero-order chi connectivity index (χ0) is 28.0. The lowest BCUT2D eigenvalue weighted by Crippen LogP contribution is -2.49. The maximum atomic E-state index is 13.2. The van der Waals surface area contributed by atoms with E-state index in [4.69, 9.17) is 23.2 Å². The maximum Gasteiger partial charge on any atom is 0.244 e. The van der Waals surface area contributed by atoms with E-state index in [1.807, 2.05) is 6.07 Å². The summed E-state index contributed by atoms with van der Waals surface area (Å²) in [7, 11) is 0. The summed E-state index contributed by atoms with van der Waals surface area (Å²) < 4.78 is 0. The van der Waals surface area contributed by atoms with Gasteiger partial charge < -0.3 is 10.6 Å². The van der Waals surface area contributed by atoms with Gasteiger partial charge in [-0.3, -0.25) is 29.3 Å². The molecule has 2 aromatic carbocycles. The SMILES string of the molecule is CC(C)[C@H](NC(=O)C[C@H](NC(=O)/C=C/c1ccc(Cl)c(Cl)c1)c1ccccc1)C(=O)[C@@H]1C(=O)NC(=O)[C@H]1C. The van der Waals surface area contributed by atoms with E-state index in [9.17, 15) is 24.0 Å². The second kappa shape index (κ2) is 12.8. The number of imide groups is 1. The molecule has 3 rings (SSSR count). The predicted octanol–water partition coefficient (Wildman–Crippen LogP) is 3.87. The number of ketones is 1. The number of hydrogen-bond donors (Lipinski definition) is 3. The fraction of sp³-hybridized carbons (Fsp3) is 0.321. The molecule has 0 spiro atoms. The van der Waals surface area contributed by atoms with Crippen molar-refractivity contribution in [3.05, 3.63) is 75.8 Å². The molecule has 8 nitrogen and oxygen atoms in total. The summed E-state index contributed by atoms with van der Waals surface area (Å²) in [5, 5.41) is 8.47. The summed E-state index contributed by atoms with van der Waals surface area (Å²) in [6.45, 7) is 4.99. The van der Waals surface area contributed by atoms with E-state index >= 15 is 0 Å². The Morgan fingerprint density at radius 3 is 2.24 bits per heavy atom. The van der Waals surface area contributed by atoms with Crippen molar-refractivity contribution in [2.45, 2.75) is 39.3 Å². The molecule has 0 radical (unpaired) electrons. The van der Waals surface area contributed by atoms with Gasteiger partial charge in [0.25, 0.3) is 0 Å². The lowest BCUT2D eigenvalue weighted by atomic mass is 9.85. The lowest BCUT2D eigenvalue weighted by molar-refractivity contribution is -0.137. The highest BCUT2D eigenvalue weighted by atomic mass is 35.5. The van der Waals surface area contributed by atoms with Crippen molar-refractivity contribution in [2.24, 2.45) is 17.8 Å². The van der Waals surface area contributed by atoms with E-state index < -0.39 is 53.3 Å². The molecular formula is C28H29Cl2N3O5. The van der Waals surface area contributed by atoms with Crippen molar-refractivity contribution < 1.29 is 24.0 Å². The van der Waals surface area contributed by atoms with Gasteiger partial charge in [0.05, 0.1) is 34.5 Å². The Hall–Kier alpha value is -3.49. The fourth-order valence-electron chi connectivity index (χ4n) is 4.19. The van der Waals surface area contributed by atoms with Gasteiger partial charge in [0.15, 0.2) is 5.78 Å². The third-order valence-electron chi connectivity index (χ3n) is 6.32. The molecule has 0 aliphatic carbocycles. The first-order valence-corrected chi connectivity index (χ1v) is 12.9. The largest absolute Gasteiger partial charge is 0.346 e. The van der Waals surface area contributed by atoms with Gasteiger partial charge in [-0.2, -0.15) is 0 Å². The number of Topliss-reactive ketones (excluding diaryl/α,β-unsaturated/α-hetero) is 1. The van der Waals surface area contributed by atoms with Gasteiger partial charge in [0.2, 0.25) is 23.6 Å². The molecule has 1 aliphatic rings. The average molecular weight is 558 g/mol. The first-order chi connectivity index (χ1) is 18.0. The number of hydrogen-bond acceptors (Lipinski definition) is 5. The molecule has 0 unspecified atom stereocenters. The van der Waals surface area contributed by atoms with Crippen molar-refractivity contribution in [1.29, 1.82) is 0 Å². The van der Waals surface area contributed by atoms with Crippen LogP contribution in [0.1, 0.15) is 44.4 Å². The number of nitrogens with one attached hydrogen (secondary N) is 3. The van der Waals surface area contributed by atoms with Crippen LogP contribution in [0.4, 0.5) is 0 Å². The molecule has 38 heavy (non-hydrogen) atoms. The van der Waals surface area contributed by atoms with E-state index in [1.54, 1.807) is 62.4 Å². The summed E-state index contributed by atoms with van der Waals surface area (Å²) >= 11 is 12.0. The molecule has 1 heterocycles. The smallest absolute Gasteiger partial charge is 0.244 e. The van der Waals surface area contributed by atoms with Gasteiger partial charge in [0.1, 0.15) is 5.92 Å². The molecule has 0 aromatic heterocycles. The number of benzene rings is 2. The molecule has 4 atom stereocenters. The first-order valence-electron chi connectivity index (χ1n) is 12.1. The second-order valence-corrected chi connectivity index (χ2v) is 10.3. The van der Waals surface area contributed by atoms with Gasteiger partial charge in [0, 0.05) is 6.08 Å². The van der Waals surface area contributed by atoms with Crippen LogP contribution in [0.15, 0.2) is 54.6 Å². The molecule has 3 N–H and O–H groups in total. The van der Waals surface area contributed by atoms with Crippen LogP contribution in [0.3, 0.4) is 0 Å².